The van der Waals surface area contributed by atoms with Crippen LogP contribution >= 0.6 is 0 Å². The minimum absolute atomic E-state index is 0.0408. The largest absolute Gasteiger partial charge is 0.352 e. The number of hydrogen-bond donors (Lipinski definition) is 1. The van der Waals surface area contributed by atoms with E-state index in [0.29, 0.717) is 26.2 Å². The molecule has 2 aliphatic rings. The molecule has 1 aromatic heterocycles. The van der Waals surface area contributed by atoms with E-state index in [0.717, 1.165) is 17.0 Å². The number of hydrogen-bond acceptors (Lipinski definition) is 4. The Kier molecular flexibility index (Phi) is 4.37. The first-order chi connectivity index (χ1) is 11.5. The summed E-state index contributed by atoms with van der Waals surface area (Å²) in [6.45, 7) is 5.62. The number of hydrazine groups is 1. The SMILES string of the molecule is C=CC(=O)NCC1CN(c2ccn(C)c(=O)c2)C2CC[N+](=O)N2C1. The van der Waals surface area contributed by atoms with Gasteiger partial charge in [0, 0.05) is 44.0 Å². The molecule has 8 nitrogen and oxygen atoms in total. The van der Waals surface area contributed by atoms with Crippen molar-refractivity contribution in [3.63, 3.8) is 0 Å². The summed E-state index contributed by atoms with van der Waals surface area (Å²) in [5, 5.41) is 4.58. The fourth-order valence-electron chi connectivity index (χ4n) is 3.34. The highest BCUT2D eigenvalue weighted by atomic mass is 16.3. The lowest BCUT2D eigenvalue weighted by atomic mass is 10.0. The lowest BCUT2D eigenvalue weighted by Crippen LogP contribution is -2.58. The third-order valence-corrected chi connectivity index (χ3v) is 4.64. The Bertz CT molecular complexity index is 729. The summed E-state index contributed by atoms with van der Waals surface area (Å²) in [4.78, 5) is 38.5. The van der Waals surface area contributed by atoms with Crippen molar-refractivity contribution < 1.29 is 9.66 Å². The molecule has 128 valence electrons. The van der Waals surface area contributed by atoms with Gasteiger partial charge in [0.15, 0.2) is 6.17 Å². The zero-order chi connectivity index (χ0) is 17.3. The second-order valence-corrected chi connectivity index (χ2v) is 6.27. The number of rotatable bonds is 4. The summed E-state index contributed by atoms with van der Waals surface area (Å²) in [5.74, 6) is -0.138. The van der Waals surface area contributed by atoms with Gasteiger partial charge in [-0.1, -0.05) is 6.58 Å². The Balaban J connectivity index is 1.83. The molecule has 2 aliphatic heterocycles. The van der Waals surface area contributed by atoms with Crippen LogP contribution < -0.4 is 15.8 Å². The second kappa shape index (κ2) is 6.46. The number of amides is 1. The molecule has 2 saturated heterocycles. The van der Waals surface area contributed by atoms with Crippen LogP contribution in [0.25, 0.3) is 0 Å². The highest BCUT2D eigenvalue weighted by Gasteiger charge is 2.47. The van der Waals surface area contributed by atoms with Crippen LogP contribution in [0.2, 0.25) is 0 Å². The van der Waals surface area contributed by atoms with Crippen molar-refractivity contribution in [2.75, 3.05) is 31.1 Å². The third kappa shape index (κ3) is 3.04. The van der Waals surface area contributed by atoms with Crippen LogP contribution in [0.3, 0.4) is 0 Å². The van der Waals surface area contributed by atoms with E-state index in [9.17, 15) is 14.5 Å². The number of carbonyl (C=O) groups is 1. The molecule has 0 spiro atoms. The van der Waals surface area contributed by atoms with Crippen molar-refractivity contribution >= 4 is 11.6 Å². The molecular formula is C16H22N5O3+. The highest BCUT2D eigenvalue weighted by Crippen LogP contribution is 2.29. The first kappa shape index (κ1) is 16.2. The van der Waals surface area contributed by atoms with E-state index in [4.69, 9.17) is 0 Å². The zero-order valence-corrected chi connectivity index (χ0v) is 13.7. The molecule has 3 heterocycles. The van der Waals surface area contributed by atoms with Crippen molar-refractivity contribution in [3.8, 4) is 0 Å². The Hall–Kier alpha value is -2.64. The van der Waals surface area contributed by atoms with Crippen LogP contribution in [-0.4, -0.2) is 52.7 Å². The van der Waals surface area contributed by atoms with Crippen LogP contribution in [0.4, 0.5) is 5.69 Å². The monoisotopic (exact) mass is 332 g/mol. The fourth-order valence-corrected chi connectivity index (χ4v) is 3.34. The molecule has 3 rings (SSSR count). The van der Waals surface area contributed by atoms with Gasteiger partial charge in [-0.25, -0.2) is 0 Å². The topological polar surface area (TPSA) is 77.7 Å². The Morgan fingerprint density at radius 3 is 3.00 bits per heavy atom. The molecule has 2 unspecified atom stereocenters. The van der Waals surface area contributed by atoms with Crippen molar-refractivity contribution in [3.05, 3.63) is 46.2 Å². The van der Waals surface area contributed by atoms with Crippen LogP contribution in [0, 0.1) is 10.8 Å². The molecule has 24 heavy (non-hydrogen) atoms. The number of fused-ring (bicyclic) bond motifs is 1. The second-order valence-electron chi connectivity index (χ2n) is 6.27. The number of nitrogens with one attached hydrogen (secondary N) is 1. The van der Waals surface area contributed by atoms with Gasteiger partial charge in [0.1, 0.15) is 4.87 Å². The Morgan fingerprint density at radius 1 is 1.50 bits per heavy atom. The van der Waals surface area contributed by atoms with Crippen molar-refractivity contribution in [1.29, 1.82) is 0 Å². The van der Waals surface area contributed by atoms with E-state index in [1.165, 1.54) is 10.6 Å². The summed E-state index contributed by atoms with van der Waals surface area (Å²) in [5.41, 5.74) is 0.723. The molecule has 2 atom stereocenters. The Morgan fingerprint density at radius 2 is 2.29 bits per heavy atom. The summed E-state index contributed by atoms with van der Waals surface area (Å²) >= 11 is 0. The average molecular weight is 332 g/mol. The van der Waals surface area contributed by atoms with E-state index >= 15 is 0 Å². The van der Waals surface area contributed by atoms with Gasteiger partial charge in [-0.05, 0) is 12.1 Å². The molecular weight excluding hydrogens is 310 g/mol. The van der Waals surface area contributed by atoms with Gasteiger partial charge in [-0.15, -0.1) is 5.01 Å². The van der Waals surface area contributed by atoms with E-state index < -0.39 is 0 Å². The normalized spacial score (nSPS) is 23.1. The smallest absolute Gasteiger partial charge is 0.252 e. The fraction of sp³-hybridized carbons (Fsp3) is 0.500. The maximum absolute atomic E-state index is 12.1. The van der Waals surface area contributed by atoms with E-state index in [2.05, 4.69) is 16.8 Å². The van der Waals surface area contributed by atoms with E-state index in [1.54, 1.807) is 24.3 Å². The maximum atomic E-state index is 12.1. The van der Waals surface area contributed by atoms with Gasteiger partial charge in [-0.3, -0.25) is 9.59 Å². The minimum Gasteiger partial charge on any atom is -0.352 e. The predicted molar refractivity (Wildman–Crippen MR) is 89.3 cm³/mol. The first-order valence-electron chi connectivity index (χ1n) is 8.04. The minimum atomic E-state index is -0.224. The zero-order valence-electron chi connectivity index (χ0n) is 13.7. The van der Waals surface area contributed by atoms with Gasteiger partial charge in [0.25, 0.3) is 5.56 Å². The molecule has 0 bridgehead atoms. The summed E-state index contributed by atoms with van der Waals surface area (Å²) < 4.78 is 1.52. The number of pyridine rings is 1. The molecule has 1 amide bonds. The molecule has 0 radical (unpaired) electrons. The van der Waals surface area contributed by atoms with Crippen molar-refractivity contribution in [1.82, 2.24) is 14.9 Å². The lowest BCUT2D eigenvalue weighted by Gasteiger charge is -2.40. The highest BCUT2D eigenvalue weighted by molar-refractivity contribution is 5.86. The molecule has 0 saturated carbocycles. The third-order valence-electron chi connectivity index (χ3n) is 4.64. The van der Waals surface area contributed by atoms with Crippen LogP contribution in [-0.2, 0) is 11.8 Å². The van der Waals surface area contributed by atoms with E-state index in [1.807, 2.05) is 6.07 Å². The molecule has 1 N–H and O–H groups in total. The number of anilines is 1. The number of carbonyl (C=O) groups excluding carboxylic acids is 1. The van der Waals surface area contributed by atoms with Gasteiger partial charge in [-0.2, -0.15) is 0 Å². The molecule has 0 aliphatic carbocycles. The number of nitroso groups, excluding NO2 is 1. The molecule has 1 aromatic rings. The van der Waals surface area contributed by atoms with Gasteiger partial charge < -0.3 is 14.8 Å². The molecule has 8 heteroatoms. The number of aromatic nitrogens is 1. The van der Waals surface area contributed by atoms with E-state index in [-0.39, 0.29) is 23.6 Å². The standard InChI is InChI=1S/C16H21N5O3/c1-3-14(22)17-9-12-10-19(13-4-6-18(2)16(23)8-13)15-5-7-21(24)20(15)11-12/h3-4,6,8,12,15H,1,5,7,9-11H2,2H3/p+1. The van der Waals surface area contributed by atoms with Crippen LogP contribution in [0.1, 0.15) is 6.42 Å². The number of aryl methyl sites for hydroxylation is 1. The maximum Gasteiger partial charge on any atom is 0.252 e. The van der Waals surface area contributed by atoms with Gasteiger partial charge >= 0.3 is 0 Å². The number of nitrogens with zero attached hydrogens (tertiary/aromatic N) is 4. The summed E-state index contributed by atoms with van der Waals surface area (Å²) in [6.07, 6.45) is 3.65. The molecule has 0 aromatic carbocycles. The molecule has 2 fully saturated rings. The average Bonchev–Trinajstić information content (AvgIpc) is 2.95. The van der Waals surface area contributed by atoms with Gasteiger partial charge in [0.05, 0.1) is 17.9 Å². The lowest BCUT2D eigenvalue weighted by molar-refractivity contribution is -0.692. The predicted octanol–water partition coefficient (Wildman–Crippen LogP) is -0.151. The van der Waals surface area contributed by atoms with Crippen LogP contribution in [0.5, 0.6) is 0 Å². The van der Waals surface area contributed by atoms with Gasteiger partial charge in [0.2, 0.25) is 12.5 Å². The summed E-state index contributed by atoms with van der Waals surface area (Å²) in [7, 11) is 1.71. The van der Waals surface area contributed by atoms with Crippen molar-refractivity contribution in [2.45, 2.75) is 12.6 Å². The van der Waals surface area contributed by atoms with Crippen molar-refractivity contribution in [2.24, 2.45) is 13.0 Å². The Labute approximate surface area is 139 Å². The quantitative estimate of drug-likeness (QED) is 0.613. The summed E-state index contributed by atoms with van der Waals surface area (Å²) in [6, 6.07) is 3.48. The first-order valence-corrected chi connectivity index (χ1v) is 8.04. The van der Waals surface area contributed by atoms with Crippen LogP contribution in [0.15, 0.2) is 35.8 Å².